The molecule has 4 heteroatoms. The van der Waals surface area contributed by atoms with Crippen LogP contribution in [0.15, 0.2) is 12.0 Å². The molecule has 0 saturated heterocycles. The summed E-state index contributed by atoms with van der Waals surface area (Å²) in [7, 11) is 0. The van der Waals surface area contributed by atoms with Gasteiger partial charge in [0.05, 0.1) is 5.75 Å². The Morgan fingerprint density at radius 2 is 2.44 bits per heavy atom. The minimum atomic E-state index is -0.545. The molecule has 1 amide bonds. The van der Waals surface area contributed by atoms with E-state index in [9.17, 15) is 9.90 Å². The molecule has 0 aliphatic heterocycles. The molecule has 0 atom stereocenters. The lowest BCUT2D eigenvalue weighted by Crippen LogP contribution is -2.24. The second-order valence-corrected chi connectivity index (χ2v) is 2.18. The van der Waals surface area contributed by atoms with Crippen LogP contribution in [0.1, 0.15) is 0 Å². The minimum Gasteiger partial charge on any atom is -0.330 e. The van der Waals surface area contributed by atoms with Gasteiger partial charge in [0.25, 0.3) is 0 Å². The average Bonchev–Trinajstić information content (AvgIpc) is 1.85. The summed E-state index contributed by atoms with van der Waals surface area (Å²) in [5.41, 5.74) is 0. The van der Waals surface area contributed by atoms with E-state index in [0.29, 0.717) is 0 Å². The lowest BCUT2D eigenvalue weighted by molar-refractivity contribution is -0.120. The van der Waals surface area contributed by atoms with Gasteiger partial charge in [0.15, 0.2) is 6.73 Å². The van der Waals surface area contributed by atoms with Crippen LogP contribution < -0.4 is 5.32 Å². The zero-order chi connectivity index (χ0) is 7.11. The molecule has 1 N–H and O–H groups in total. The van der Waals surface area contributed by atoms with Crippen LogP contribution in [0.25, 0.3) is 0 Å². The largest absolute Gasteiger partial charge is 0.330 e. The van der Waals surface area contributed by atoms with Gasteiger partial charge in [-0.2, -0.15) is 0 Å². The highest BCUT2D eigenvalue weighted by Crippen LogP contribution is 1.97. The van der Waals surface area contributed by atoms with Crippen LogP contribution in [0, 0.1) is 0 Å². The number of hydrogen-bond donors (Lipinski definition) is 1. The van der Waals surface area contributed by atoms with Crippen molar-refractivity contribution < 1.29 is 9.90 Å². The van der Waals surface area contributed by atoms with Crippen molar-refractivity contribution in [3.8, 4) is 0 Å². The first-order valence-electron chi connectivity index (χ1n) is 2.38. The van der Waals surface area contributed by atoms with Crippen molar-refractivity contribution in [2.24, 2.45) is 0 Å². The molecule has 0 aromatic heterocycles. The molecule has 9 heavy (non-hydrogen) atoms. The van der Waals surface area contributed by atoms with Crippen molar-refractivity contribution in [2.75, 3.05) is 12.5 Å². The van der Waals surface area contributed by atoms with Crippen molar-refractivity contribution in [2.45, 2.75) is 0 Å². The summed E-state index contributed by atoms with van der Waals surface area (Å²) < 4.78 is 0. The molecule has 0 heterocycles. The Labute approximate surface area is 58.1 Å². The van der Waals surface area contributed by atoms with Gasteiger partial charge in [0.1, 0.15) is 0 Å². The molecule has 0 unspecified atom stereocenters. The van der Waals surface area contributed by atoms with Gasteiger partial charge in [-0.1, -0.05) is 6.58 Å². The first-order chi connectivity index (χ1) is 4.31. The highest BCUT2D eigenvalue weighted by molar-refractivity contribution is 8.02. The maximum absolute atomic E-state index is 10.4. The maximum atomic E-state index is 10.4. The molecule has 0 aromatic rings. The summed E-state index contributed by atoms with van der Waals surface area (Å²) in [5, 5.41) is 13.4. The highest BCUT2D eigenvalue weighted by Gasteiger charge is 1.95. The van der Waals surface area contributed by atoms with E-state index in [1.54, 1.807) is 5.41 Å². The molecular weight excluding hydrogens is 138 g/mol. The van der Waals surface area contributed by atoms with E-state index >= 15 is 0 Å². The Hall–Kier alpha value is -0.480. The maximum Gasteiger partial charge on any atom is 0.232 e. The molecule has 51 valence electrons. The molecule has 0 saturated carbocycles. The molecule has 0 rings (SSSR count). The Morgan fingerprint density at radius 1 is 1.78 bits per heavy atom. The van der Waals surface area contributed by atoms with E-state index < -0.39 is 6.73 Å². The zero-order valence-corrected chi connectivity index (χ0v) is 5.74. The van der Waals surface area contributed by atoms with Gasteiger partial charge in [-0.25, -0.2) is 5.11 Å². The first-order valence-corrected chi connectivity index (χ1v) is 3.43. The second-order valence-electron chi connectivity index (χ2n) is 1.22. The second kappa shape index (κ2) is 5.65. The Balaban J connectivity index is 3.16. The van der Waals surface area contributed by atoms with E-state index in [-0.39, 0.29) is 11.7 Å². The van der Waals surface area contributed by atoms with Gasteiger partial charge in [-0.15, -0.1) is 11.8 Å². The number of hydrogen-bond acceptors (Lipinski definition) is 2. The fourth-order valence-electron chi connectivity index (χ4n) is 0.266. The predicted octanol–water partition coefficient (Wildman–Crippen LogP) is 0.367. The van der Waals surface area contributed by atoms with Crippen LogP contribution in [0.5, 0.6) is 0 Å². The van der Waals surface area contributed by atoms with Crippen LogP contribution in [0.3, 0.4) is 0 Å². The lowest BCUT2D eigenvalue weighted by atomic mass is 10.7. The van der Waals surface area contributed by atoms with E-state index in [1.807, 2.05) is 0 Å². The normalized spacial score (nSPS) is 8.56. The summed E-state index contributed by atoms with van der Waals surface area (Å²) in [6.45, 7) is 2.85. The summed E-state index contributed by atoms with van der Waals surface area (Å²) in [4.78, 5) is 10.4. The zero-order valence-electron chi connectivity index (χ0n) is 4.92. The topological polar surface area (TPSA) is 49.0 Å². The SMILES string of the molecule is C=CSCC(=O)NC[O]. The number of amides is 1. The van der Waals surface area contributed by atoms with Crippen molar-refractivity contribution in [1.29, 1.82) is 0 Å². The third-order valence-corrected chi connectivity index (χ3v) is 1.27. The molecule has 0 bridgehead atoms. The fraction of sp³-hybridized carbons (Fsp3) is 0.400. The van der Waals surface area contributed by atoms with Crippen LogP contribution in [-0.2, 0) is 9.90 Å². The Morgan fingerprint density at radius 3 is 2.89 bits per heavy atom. The van der Waals surface area contributed by atoms with Crippen LogP contribution in [0.2, 0.25) is 0 Å². The highest BCUT2D eigenvalue weighted by atomic mass is 32.2. The van der Waals surface area contributed by atoms with Crippen LogP contribution >= 0.6 is 11.8 Å². The summed E-state index contributed by atoms with van der Waals surface area (Å²) >= 11 is 1.27. The summed E-state index contributed by atoms with van der Waals surface area (Å²) in [6.07, 6.45) is 0. The smallest absolute Gasteiger partial charge is 0.232 e. The van der Waals surface area contributed by atoms with E-state index in [1.165, 1.54) is 11.8 Å². The van der Waals surface area contributed by atoms with E-state index in [4.69, 9.17) is 0 Å². The molecule has 0 spiro atoms. The molecule has 0 aromatic carbocycles. The number of carbonyl (C=O) groups excluding carboxylic acids is 1. The fourth-order valence-corrected chi connectivity index (χ4v) is 0.637. The minimum absolute atomic E-state index is 0.241. The summed E-state index contributed by atoms with van der Waals surface area (Å²) in [5.74, 6) is 0.0426. The monoisotopic (exact) mass is 146 g/mol. The number of thioether (sulfide) groups is 1. The summed E-state index contributed by atoms with van der Waals surface area (Å²) in [6, 6.07) is 0. The van der Waals surface area contributed by atoms with Gasteiger partial charge in [0, 0.05) is 0 Å². The average molecular weight is 146 g/mol. The molecule has 0 aliphatic rings. The standard InChI is InChI=1S/C5H8NO2S/c1-2-9-3-5(8)6-4-7/h2H,1,3-4H2,(H,6,8). The number of rotatable bonds is 4. The predicted molar refractivity (Wildman–Crippen MR) is 36.4 cm³/mol. The first kappa shape index (κ1) is 8.52. The van der Waals surface area contributed by atoms with E-state index in [0.717, 1.165) is 0 Å². The molecule has 0 fully saturated rings. The molecular formula is C5H8NO2S. The molecule has 3 nitrogen and oxygen atoms in total. The number of nitrogens with one attached hydrogen (secondary N) is 1. The molecule has 1 radical (unpaired) electrons. The van der Waals surface area contributed by atoms with Crippen LogP contribution in [0.4, 0.5) is 0 Å². The Kier molecular flexibility index (Phi) is 5.35. The van der Waals surface area contributed by atoms with Crippen LogP contribution in [-0.4, -0.2) is 18.4 Å². The van der Waals surface area contributed by atoms with Gasteiger partial charge in [0.2, 0.25) is 5.91 Å². The van der Waals surface area contributed by atoms with Gasteiger partial charge >= 0.3 is 0 Å². The quantitative estimate of drug-likeness (QED) is 0.582. The van der Waals surface area contributed by atoms with Crippen molar-refractivity contribution in [1.82, 2.24) is 5.32 Å². The number of carbonyl (C=O) groups is 1. The molecule has 0 aliphatic carbocycles. The van der Waals surface area contributed by atoms with Gasteiger partial charge in [-0.3, -0.25) is 4.79 Å². The van der Waals surface area contributed by atoms with Gasteiger partial charge in [-0.05, 0) is 5.41 Å². The van der Waals surface area contributed by atoms with Crippen molar-refractivity contribution >= 4 is 17.7 Å². The lowest BCUT2D eigenvalue weighted by Gasteiger charge is -1.94. The van der Waals surface area contributed by atoms with Crippen molar-refractivity contribution in [3.05, 3.63) is 12.0 Å². The van der Waals surface area contributed by atoms with Gasteiger partial charge < -0.3 is 5.32 Å². The third kappa shape index (κ3) is 5.39. The van der Waals surface area contributed by atoms with E-state index in [2.05, 4.69) is 11.9 Å². The third-order valence-electron chi connectivity index (χ3n) is 0.602. The van der Waals surface area contributed by atoms with Crippen molar-refractivity contribution in [3.63, 3.8) is 0 Å². The Bertz CT molecular complexity index is 105.